The molecule has 19 heavy (non-hydrogen) atoms. The van der Waals surface area contributed by atoms with Gasteiger partial charge in [-0.25, -0.2) is 0 Å². The molecule has 1 unspecified atom stereocenters. The second-order valence-electron chi connectivity index (χ2n) is 4.33. The van der Waals surface area contributed by atoms with Gasteiger partial charge < -0.3 is 9.47 Å². The molecule has 0 aliphatic heterocycles. The zero-order valence-corrected chi connectivity index (χ0v) is 12.4. The first kappa shape index (κ1) is 13.9. The van der Waals surface area contributed by atoms with E-state index in [1.54, 1.807) is 6.92 Å². The average Bonchev–Trinajstić information content (AvgIpc) is 2.45. The van der Waals surface area contributed by atoms with Gasteiger partial charge in [0.05, 0.1) is 17.5 Å². The summed E-state index contributed by atoms with van der Waals surface area (Å²) in [5.41, 5.74) is 0. The van der Waals surface area contributed by atoms with E-state index in [-0.39, 0.29) is 11.9 Å². The van der Waals surface area contributed by atoms with Crippen LogP contribution in [0, 0.1) is 5.92 Å². The van der Waals surface area contributed by atoms with Crippen molar-refractivity contribution in [2.24, 2.45) is 5.92 Å². The molecule has 4 heteroatoms. The summed E-state index contributed by atoms with van der Waals surface area (Å²) >= 11 is 3.54. The largest absolute Gasteiger partial charge is 0.491 e. The Morgan fingerprint density at radius 3 is 2.74 bits per heavy atom. The van der Waals surface area contributed by atoms with E-state index in [4.69, 9.17) is 4.74 Å². The van der Waals surface area contributed by atoms with Gasteiger partial charge >= 0.3 is 5.97 Å². The minimum Gasteiger partial charge on any atom is -0.491 e. The molecule has 0 fully saturated rings. The Labute approximate surface area is 120 Å². The van der Waals surface area contributed by atoms with Crippen molar-refractivity contribution in [3.05, 3.63) is 40.9 Å². The smallest absolute Gasteiger partial charge is 0.311 e. The van der Waals surface area contributed by atoms with Gasteiger partial charge in [0.2, 0.25) is 0 Å². The van der Waals surface area contributed by atoms with E-state index in [1.807, 2.05) is 36.4 Å². The monoisotopic (exact) mass is 322 g/mol. The fraction of sp³-hybridized carbons (Fsp3) is 0.267. The van der Waals surface area contributed by atoms with Crippen LogP contribution in [-0.2, 0) is 9.53 Å². The first-order valence-corrected chi connectivity index (χ1v) is 6.80. The number of hydrogen-bond donors (Lipinski definition) is 0. The van der Waals surface area contributed by atoms with Crippen LogP contribution in [0.15, 0.2) is 40.9 Å². The van der Waals surface area contributed by atoms with Crippen LogP contribution in [0.3, 0.4) is 0 Å². The summed E-state index contributed by atoms with van der Waals surface area (Å²) in [6.07, 6.45) is 0. The molecule has 0 bridgehead atoms. The van der Waals surface area contributed by atoms with Crippen molar-refractivity contribution in [2.45, 2.75) is 6.92 Å². The van der Waals surface area contributed by atoms with Crippen LogP contribution in [0.2, 0.25) is 0 Å². The topological polar surface area (TPSA) is 35.5 Å². The van der Waals surface area contributed by atoms with E-state index >= 15 is 0 Å². The Hall–Kier alpha value is -1.55. The Kier molecular flexibility index (Phi) is 4.43. The van der Waals surface area contributed by atoms with Crippen LogP contribution >= 0.6 is 15.9 Å². The maximum atomic E-state index is 11.3. The van der Waals surface area contributed by atoms with Crippen LogP contribution in [0.4, 0.5) is 0 Å². The van der Waals surface area contributed by atoms with E-state index in [1.165, 1.54) is 7.11 Å². The van der Waals surface area contributed by atoms with E-state index < -0.39 is 0 Å². The summed E-state index contributed by atoms with van der Waals surface area (Å²) < 4.78 is 11.3. The zero-order chi connectivity index (χ0) is 13.8. The van der Waals surface area contributed by atoms with Crippen molar-refractivity contribution < 1.29 is 14.3 Å². The first-order valence-electron chi connectivity index (χ1n) is 6.01. The molecule has 0 N–H and O–H groups in total. The molecule has 2 aromatic carbocycles. The second kappa shape index (κ2) is 6.06. The van der Waals surface area contributed by atoms with Gasteiger partial charge in [-0.3, -0.25) is 4.79 Å². The van der Waals surface area contributed by atoms with Crippen LogP contribution in [0.25, 0.3) is 10.8 Å². The van der Waals surface area contributed by atoms with E-state index in [9.17, 15) is 4.79 Å². The first-order chi connectivity index (χ1) is 9.13. The zero-order valence-electron chi connectivity index (χ0n) is 10.9. The number of hydrogen-bond acceptors (Lipinski definition) is 3. The van der Waals surface area contributed by atoms with Crippen LogP contribution in [-0.4, -0.2) is 19.7 Å². The molecule has 0 radical (unpaired) electrons. The lowest BCUT2D eigenvalue weighted by Crippen LogP contribution is -2.20. The van der Waals surface area contributed by atoms with Crippen molar-refractivity contribution in [1.29, 1.82) is 0 Å². The molecule has 2 aromatic rings. The average molecular weight is 323 g/mol. The maximum Gasteiger partial charge on any atom is 0.311 e. The molecular weight excluding hydrogens is 308 g/mol. The molecule has 1 atom stereocenters. The fourth-order valence-electron chi connectivity index (χ4n) is 1.81. The third kappa shape index (κ3) is 3.07. The van der Waals surface area contributed by atoms with Crippen LogP contribution < -0.4 is 4.74 Å². The van der Waals surface area contributed by atoms with Gasteiger partial charge in [-0.2, -0.15) is 0 Å². The number of carbonyl (C=O) groups is 1. The highest BCUT2D eigenvalue weighted by Crippen LogP contribution is 2.33. The van der Waals surface area contributed by atoms with Gasteiger partial charge in [-0.15, -0.1) is 0 Å². The Balaban J connectivity index is 2.17. The molecular formula is C15H15BrO3. The molecule has 0 aliphatic rings. The molecule has 0 aromatic heterocycles. The highest BCUT2D eigenvalue weighted by Gasteiger charge is 2.15. The normalized spacial score (nSPS) is 12.2. The SMILES string of the molecule is COC(=O)C(C)COc1ccc2ccccc2c1Br. The lowest BCUT2D eigenvalue weighted by molar-refractivity contribution is -0.145. The maximum absolute atomic E-state index is 11.3. The van der Waals surface area contributed by atoms with Crippen molar-refractivity contribution in [3.63, 3.8) is 0 Å². The number of fused-ring (bicyclic) bond motifs is 1. The number of methoxy groups -OCH3 is 1. The fourth-order valence-corrected chi connectivity index (χ4v) is 2.42. The molecule has 0 amide bonds. The number of ether oxygens (including phenoxy) is 2. The van der Waals surface area contributed by atoms with Gasteiger partial charge in [0.1, 0.15) is 12.4 Å². The molecule has 0 spiro atoms. The van der Waals surface area contributed by atoms with Crippen LogP contribution in [0.5, 0.6) is 5.75 Å². The van der Waals surface area contributed by atoms with E-state index in [2.05, 4.69) is 20.7 Å². The summed E-state index contributed by atoms with van der Waals surface area (Å²) in [5.74, 6) is 0.176. The summed E-state index contributed by atoms with van der Waals surface area (Å²) in [7, 11) is 1.38. The number of rotatable bonds is 4. The van der Waals surface area contributed by atoms with Crippen molar-refractivity contribution in [3.8, 4) is 5.75 Å². The van der Waals surface area contributed by atoms with Gasteiger partial charge in [-0.05, 0) is 39.7 Å². The summed E-state index contributed by atoms with van der Waals surface area (Å²) in [6, 6.07) is 11.9. The number of benzene rings is 2. The summed E-state index contributed by atoms with van der Waals surface area (Å²) in [4.78, 5) is 11.3. The Bertz CT molecular complexity index is 595. The second-order valence-corrected chi connectivity index (χ2v) is 5.13. The van der Waals surface area contributed by atoms with Crippen molar-refractivity contribution in [1.82, 2.24) is 0 Å². The molecule has 0 heterocycles. The quantitative estimate of drug-likeness (QED) is 0.803. The lowest BCUT2D eigenvalue weighted by Gasteiger charge is -2.13. The number of esters is 1. The predicted molar refractivity (Wildman–Crippen MR) is 78.3 cm³/mol. The van der Waals surface area contributed by atoms with Crippen molar-refractivity contribution in [2.75, 3.05) is 13.7 Å². The molecule has 3 nitrogen and oxygen atoms in total. The number of carbonyl (C=O) groups excluding carboxylic acids is 1. The number of halogens is 1. The predicted octanol–water partition coefficient (Wildman–Crippen LogP) is 3.79. The van der Waals surface area contributed by atoms with Gasteiger partial charge in [-0.1, -0.05) is 30.3 Å². The summed E-state index contributed by atoms with van der Waals surface area (Å²) in [5, 5.41) is 2.23. The highest BCUT2D eigenvalue weighted by atomic mass is 79.9. The molecule has 0 saturated heterocycles. The van der Waals surface area contributed by atoms with Gasteiger partial charge in [0.25, 0.3) is 0 Å². The molecule has 100 valence electrons. The third-order valence-electron chi connectivity index (χ3n) is 2.92. The summed E-state index contributed by atoms with van der Waals surface area (Å²) in [6.45, 7) is 2.07. The minimum atomic E-state index is -0.289. The van der Waals surface area contributed by atoms with E-state index in [0.29, 0.717) is 6.61 Å². The van der Waals surface area contributed by atoms with E-state index in [0.717, 1.165) is 21.0 Å². The minimum absolute atomic E-state index is 0.267. The van der Waals surface area contributed by atoms with Gasteiger partial charge in [0, 0.05) is 0 Å². The van der Waals surface area contributed by atoms with Crippen LogP contribution in [0.1, 0.15) is 6.92 Å². The highest BCUT2D eigenvalue weighted by molar-refractivity contribution is 9.10. The molecule has 0 aliphatic carbocycles. The Morgan fingerprint density at radius 1 is 1.26 bits per heavy atom. The molecule has 2 rings (SSSR count). The molecule has 0 saturated carbocycles. The third-order valence-corrected chi connectivity index (χ3v) is 3.74. The Morgan fingerprint density at radius 2 is 2.00 bits per heavy atom. The van der Waals surface area contributed by atoms with Gasteiger partial charge in [0.15, 0.2) is 0 Å². The lowest BCUT2D eigenvalue weighted by atomic mass is 10.1. The van der Waals surface area contributed by atoms with Crippen molar-refractivity contribution >= 4 is 32.7 Å². The standard InChI is InChI=1S/C15H15BrO3/c1-10(15(17)18-2)9-19-13-8-7-11-5-3-4-6-12(11)14(13)16/h3-8,10H,9H2,1-2H3.